The first-order valence-electron chi connectivity index (χ1n) is 7.96. The highest BCUT2D eigenvalue weighted by molar-refractivity contribution is 7.89. The molecular formula is C16H25NO4S. The van der Waals surface area contributed by atoms with Gasteiger partial charge in [-0.1, -0.05) is 0 Å². The second-order valence-corrected chi connectivity index (χ2v) is 7.21. The van der Waals surface area contributed by atoms with Gasteiger partial charge in [-0.2, -0.15) is 0 Å². The summed E-state index contributed by atoms with van der Waals surface area (Å²) in [6, 6.07) is 6.64. The van der Waals surface area contributed by atoms with Gasteiger partial charge in [-0.25, -0.2) is 13.1 Å². The molecule has 0 radical (unpaired) electrons. The van der Waals surface area contributed by atoms with Crippen LogP contribution in [-0.2, 0) is 14.8 Å². The van der Waals surface area contributed by atoms with Gasteiger partial charge in [0.15, 0.2) is 0 Å². The smallest absolute Gasteiger partial charge is 0.240 e. The second kappa shape index (κ2) is 8.50. The summed E-state index contributed by atoms with van der Waals surface area (Å²) < 4.78 is 37.9. The van der Waals surface area contributed by atoms with Crippen molar-refractivity contribution in [2.45, 2.75) is 50.0 Å². The predicted octanol–water partition coefficient (Wildman–Crippen LogP) is 2.71. The molecule has 0 aliphatic heterocycles. The predicted molar refractivity (Wildman–Crippen MR) is 85.6 cm³/mol. The lowest BCUT2D eigenvalue weighted by Crippen LogP contribution is -2.25. The van der Waals surface area contributed by atoms with E-state index in [0.29, 0.717) is 26.2 Å². The number of rotatable bonds is 9. The lowest BCUT2D eigenvalue weighted by atomic mass is 10.3. The molecule has 1 fully saturated rings. The Labute approximate surface area is 133 Å². The van der Waals surface area contributed by atoms with Gasteiger partial charge in [0.05, 0.1) is 11.0 Å². The quantitative estimate of drug-likeness (QED) is 0.708. The van der Waals surface area contributed by atoms with E-state index in [2.05, 4.69) is 4.72 Å². The Kier molecular flexibility index (Phi) is 6.67. The van der Waals surface area contributed by atoms with Crippen molar-refractivity contribution in [1.82, 2.24) is 4.72 Å². The lowest BCUT2D eigenvalue weighted by Gasteiger charge is -2.13. The molecule has 0 amide bonds. The summed E-state index contributed by atoms with van der Waals surface area (Å²) in [6.45, 7) is 3.50. The fraction of sp³-hybridized carbons (Fsp3) is 0.625. The van der Waals surface area contributed by atoms with Crippen LogP contribution in [0, 0.1) is 0 Å². The first kappa shape index (κ1) is 17.2. The van der Waals surface area contributed by atoms with E-state index in [-0.39, 0.29) is 11.0 Å². The van der Waals surface area contributed by atoms with Crippen molar-refractivity contribution in [3.63, 3.8) is 0 Å². The maximum atomic E-state index is 12.1. The first-order chi connectivity index (χ1) is 10.6. The molecule has 0 saturated heterocycles. The van der Waals surface area contributed by atoms with Crippen molar-refractivity contribution < 1.29 is 17.9 Å². The van der Waals surface area contributed by atoms with E-state index in [1.54, 1.807) is 24.3 Å². The number of sulfonamides is 1. The average molecular weight is 327 g/mol. The molecule has 1 aromatic rings. The minimum atomic E-state index is -3.45. The van der Waals surface area contributed by atoms with Crippen molar-refractivity contribution in [3.8, 4) is 5.75 Å². The van der Waals surface area contributed by atoms with Crippen molar-refractivity contribution >= 4 is 10.0 Å². The van der Waals surface area contributed by atoms with E-state index in [9.17, 15) is 8.42 Å². The highest BCUT2D eigenvalue weighted by atomic mass is 32.2. The zero-order valence-electron chi connectivity index (χ0n) is 13.1. The van der Waals surface area contributed by atoms with E-state index in [0.717, 1.165) is 18.6 Å². The molecule has 0 bridgehead atoms. The van der Waals surface area contributed by atoms with Crippen LogP contribution in [0.2, 0.25) is 0 Å². The molecule has 0 spiro atoms. The molecule has 1 saturated carbocycles. The monoisotopic (exact) mass is 327 g/mol. The summed E-state index contributed by atoms with van der Waals surface area (Å²) in [4.78, 5) is 0.266. The van der Waals surface area contributed by atoms with Crippen LogP contribution in [0.15, 0.2) is 29.2 Å². The molecule has 1 aromatic carbocycles. The van der Waals surface area contributed by atoms with E-state index in [1.165, 1.54) is 12.8 Å². The number of ether oxygens (including phenoxy) is 2. The highest BCUT2D eigenvalue weighted by Crippen LogP contribution is 2.24. The Hall–Kier alpha value is -1.11. The molecule has 1 aliphatic rings. The molecule has 5 nitrogen and oxygen atoms in total. The van der Waals surface area contributed by atoms with Gasteiger partial charge in [0.25, 0.3) is 0 Å². The second-order valence-electron chi connectivity index (χ2n) is 5.44. The van der Waals surface area contributed by atoms with Gasteiger partial charge in [-0.05, 0) is 63.3 Å². The van der Waals surface area contributed by atoms with Crippen molar-refractivity contribution in [2.24, 2.45) is 0 Å². The van der Waals surface area contributed by atoms with Crippen LogP contribution in [0.25, 0.3) is 0 Å². The topological polar surface area (TPSA) is 64.6 Å². The Morgan fingerprint density at radius 3 is 2.50 bits per heavy atom. The maximum Gasteiger partial charge on any atom is 0.240 e. The highest BCUT2D eigenvalue weighted by Gasteiger charge is 2.17. The van der Waals surface area contributed by atoms with Crippen molar-refractivity contribution in [1.29, 1.82) is 0 Å². The summed E-state index contributed by atoms with van der Waals surface area (Å²) in [5.41, 5.74) is 0. The Bertz CT molecular complexity index is 536. The Balaban J connectivity index is 1.85. The fourth-order valence-electron chi connectivity index (χ4n) is 2.50. The van der Waals surface area contributed by atoms with Crippen LogP contribution in [0.3, 0.4) is 0 Å². The van der Waals surface area contributed by atoms with Crippen LogP contribution in [-0.4, -0.2) is 34.3 Å². The third-order valence-electron chi connectivity index (χ3n) is 3.70. The molecule has 22 heavy (non-hydrogen) atoms. The van der Waals surface area contributed by atoms with Crippen LogP contribution in [0.5, 0.6) is 5.75 Å². The van der Waals surface area contributed by atoms with Gasteiger partial charge in [-0.3, -0.25) is 0 Å². The molecule has 124 valence electrons. The number of hydrogen-bond acceptors (Lipinski definition) is 4. The van der Waals surface area contributed by atoms with Gasteiger partial charge >= 0.3 is 0 Å². The molecule has 0 atom stereocenters. The summed E-state index contributed by atoms with van der Waals surface area (Å²) in [7, 11) is -3.45. The van der Waals surface area contributed by atoms with E-state index in [1.807, 2.05) is 6.92 Å². The zero-order valence-corrected chi connectivity index (χ0v) is 13.9. The summed E-state index contributed by atoms with van der Waals surface area (Å²) in [6.07, 6.45) is 5.53. The lowest BCUT2D eigenvalue weighted by molar-refractivity contribution is 0.146. The van der Waals surface area contributed by atoms with Gasteiger partial charge < -0.3 is 9.47 Å². The third kappa shape index (κ3) is 5.26. The average Bonchev–Trinajstić information content (AvgIpc) is 3.00. The SMILES string of the molecule is CCOCCCNS(=O)(=O)c1ccc(OC2CCCC2)cc1. The molecule has 2 rings (SSSR count). The molecule has 0 aromatic heterocycles. The number of hydrogen-bond donors (Lipinski definition) is 1. The zero-order chi connectivity index (χ0) is 15.8. The Morgan fingerprint density at radius 2 is 1.86 bits per heavy atom. The van der Waals surface area contributed by atoms with E-state index < -0.39 is 10.0 Å². The number of nitrogens with one attached hydrogen (secondary N) is 1. The fourth-order valence-corrected chi connectivity index (χ4v) is 3.58. The molecular weight excluding hydrogens is 302 g/mol. The van der Waals surface area contributed by atoms with Gasteiger partial charge in [0, 0.05) is 19.8 Å². The van der Waals surface area contributed by atoms with Gasteiger partial charge in [0.1, 0.15) is 5.75 Å². The minimum Gasteiger partial charge on any atom is -0.490 e. The molecule has 0 unspecified atom stereocenters. The van der Waals surface area contributed by atoms with Gasteiger partial charge in [0.2, 0.25) is 10.0 Å². The standard InChI is InChI=1S/C16H25NO4S/c1-2-20-13-5-12-17-22(18,19)16-10-8-15(9-11-16)21-14-6-3-4-7-14/h8-11,14,17H,2-7,12-13H2,1H3. The number of benzene rings is 1. The van der Waals surface area contributed by atoms with Crippen LogP contribution < -0.4 is 9.46 Å². The van der Waals surface area contributed by atoms with Crippen molar-refractivity contribution in [3.05, 3.63) is 24.3 Å². The first-order valence-corrected chi connectivity index (χ1v) is 9.44. The van der Waals surface area contributed by atoms with Crippen LogP contribution in [0.1, 0.15) is 39.0 Å². The summed E-state index contributed by atoms with van der Waals surface area (Å²) in [5.74, 6) is 0.738. The summed E-state index contributed by atoms with van der Waals surface area (Å²) in [5, 5.41) is 0. The molecule has 6 heteroatoms. The minimum absolute atomic E-state index is 0.266. The molecule has 1 aliphatic carbocycles. The molecule has 0 heterocycles. The van der Waals surface area contributed by atoms with Crippen molar-refractivity contribution in [2.75, 3.05) is 19.8 Å². The van der Waals surface area contributed by atoms with E-state index in [4.69, 9.17) is 9.47 Å². The Morgan fingerprint density at radius 1 is 1.18 bits per heavy atom. The summed E-state index contributed by atoms with van der Waals surface area (Å²) >= 11 is 0. The largest absolute Gasteiger partial charge is 0.490 e. The maximum absolute atomic E-state index is 12.1. The van der Waals surface area contributed by atoms with Crippen LogP contribution in [0.4, 0.5) is 0 Å². The van der Waals surface area contributed by atoms with E-state index >= 15 is 0 Å². The normalized spacial score (nSPS) is 16.0. The van der Waals surface area contributed by atoms with Crippen LogP contribution >= 0.6 is 0 Å². The van der Waals surface area contributed by atoms with Gasteiger partial charge in [-0.15, -0.1) is 0 Å². The third-order valence-corrected chi connectivity index (χ3v) is 5.18. The molecule has 1 N–H and O–H groups in total.